The van der Waals surface area contributed by atoms with Crippen LogP contribution in [-0.4, -0.2) is 0 Å². The Bertz CT molecular complexity index is 1220. The van der Waals surface area contributed by atoms with Gasteiger partial charge in [0.05, 0.1) is 0 Å². The average molecular weight is 344 g/mol. The van der Waals surface area contributed by atoms with Crippen LogP contribution in [-0.2, 0) is 12.8 Å². The molecule has 5 rings (SSSR count). The number of furan rings is 1. The van der Waals surface area contributed by atoms with E-state index in [1.165, 1.54) is 29.5 Å². The lowest BCUT2D eigenvalue weighted by Gasteiger charge is -2.16. The fourth-order valence-corrected chi connectivity index (χ4v) is 4.17. The molecule has 3 nitrogen and oxygen atoms in total. The zero-order chi connectivity index (χ0) is 17.8. The summed E-state index contributed by atoms with van der Waals surface area (Å²) >= 11 is 0. The van der Waals surface area contributed by atoms with Crippen LogP contribution in [0.4, 0.5) is 0 Å². The molecule has 2 aromatic heterocycles. The van der Waals surface area contributed by atoms with Crippen molar-refractivity contribution in [2.75, 3.05) is 0 Å². The zero-order valence-electron chi connectivity index (χ0n) is 15.0. The van der Waals surface area contributed by atoms with Gasteiger partial charge in [0.1, 0.15) is 16.9 Å². The number of aryl methyl sites for hydroxylation is 4. The van der Waals surface area contributed by atoms with Gasteiger partial charge < -0.3 is 8.83 Å². The number of benzene rings is 2. The van der Waals surface area contributed by atoms with Crippen molar-refractivity contribution < 1.29 is 8.83 Å². The molecule has 0 saturated carbocycles. The number of hydrogen-bond donors (Lipinski definition) is 0. The van der Waals surface area contributed by atoms with Crippen LogP contribution in [0.1, 0.15) is 35.1 Å². The van der Waals surface area contributed by atoms with Crippen molar-refractivity contribution in [1.82, 2.24) is 0 Å². The number of fused-ring (bicyclic) bond motifs is 3. The summed E-state index contributed by atoms with van der Waals surface area (Å²) in [6.45, 7) is 4.13. The van der Waals surface area contributed by atoms with Crippen molar-refractivity contribution >= 4 is 21.9 Å². The summed E-state index contributed by atoms with van der Waals surface area (Å²) in [5.74, 6) is 0.763. The second-order valence-corrected chi connectivity index (χ2v) is 7.36. The van der Waals surface area contributed by atoms with Gasteiger partial charge in [-0.2, -0.15) is 0 Å². The van der Waals surface area contributed by atoms with E-state index in [1.807, 2.05) is 12.1 Å². The molecule has 0 radical (unpaired) electrons. The fourth-order valence-electron chi connectivity index (χ4n) is 4.17. The molecule has 0 amide bonds. The van der Waals surface area contributed by atoms with Gasteiger partial charge >= 0.3 is 5.63 Å². The molecule has 0 fully saturated rings. The predicted molar refractivity (Wildman–Crippen MR) is 104 cm³/mol. The standard InChI is InChI=1S/C23H20O3/c1-13-7-8-20-17(9-13)14(2)23(26-20)19-12-22(24)25-21-11-16-6-4-3-5-15(16)10-18(19)21/h7-12H,3-6H2,1-2H3. The molecule has 1 aliphatic carbocycles. The van der Waals surface area contributed by atoms with Gasteiger partial charge in [0, 0.05) is 28.0 Å². The largest absolute Gasteiger partial charge is 0.456 e. The predicted octanol–water partition coefficient (Wildman–Crippen LogP) is 5.70. The maximum absolute atomic E-state index is 12.2. The van der Waals surface area contributed by atoms with E-state index in [1.54, 1.807) is 6.07 Å². The molecule has 0 N–H and O–H groups in total. The number of rotatable bonds is 1. The molecule has 0 aliphatic heterocycles. The third kappa shape index (κ3) is 2.31. The molecule has 2 heterocycles. The molecule has 0 spiro atoms. The van der Waals surface area contributed by atoms with Crippen LogP contribution in [0, 0.1) is 13.8 Å². The van der Waals surface area contributed by atoms with Crippen molar-refractivity contribution in [1.29, 1.82) is 0 Å². The maximum atomic E-state index is 12.2. The highest BCUT2D eigenvalue weighted by atomic mass is 16.4. The molecular formula is C23H20O3. The van der Waals surface area contributed by atoms with Crippen molar-refractivity contribution in [3.63, 3.8) is 0 Å². The van der Waals surface area contributed by atoms with Gasteiger partial charge in [-0.05, 0) is 74.9 Å². The van der Waals surface area contributed by atoms with Crippen LogP contribution in [0.25, 0.3) is 33.3 Å². The quantitative estimate of drug-likeness (QED) is 0.416. The van der Waals surface area contributed by atoms with Crippen LogP contribution in [0.5, 0.6) is 0 Å². The van der Waals surface area contributed by atoms with E-state index in [-0.39, 0.29) is 5.63 Å². The van der Waals surface area contributed by atoms with E-state index in [0.29, 0.717) is 5.58 Å². The Kier molecular flexibility index (Phi) is 3.33. The SMILES string of the molecule is Cc1ccc2oc(-c3cc(=O)oc4cc5c(cc34)CCCC5)c(C)c2c1. The Hall–Kier alpha value is -2.81. The number of hydrogen-bond acceptors (Lipinski definition) is 3. The summed E-state index contributed by atoms with van der Waals surface area (Å²) in [7, 11) is 0. The second-order valence-electron chi connectivity index (χ2n) is 7.36. The van der Waals surface area contributed by atoms with Crippen molar-refractivity contribution in [3.05, 3.63) is 69.1 Å². The van der Waals surface area contributed by atoms with Gasteiger partial charge in [-0.1, -0.05) is 11.6 Å². The molecule has 0 atom stereocenters. The average Bonchev–Trinajstić information content (AvgIpc) is 2.95. The van der Waals surface area contributed by atoms with Gasteiger partial charge in [0.2, 0.25) is 0 Å². The van der Waals surface area contributed by atoms with Crippen LogP contribution in [0.15, 0.2) is 50.0 Å². The van der Waals surface area contributed by atoms with E-state index >= 15 is 0 Å². The Morgan fingerprint density at radius 1 is 0.808 bits per heavy atom. The van der Waals surface area contributed by atoms with Crippen LogP contribution in [0.2, 0.25) is 0 Å². The minimum absolute atomic E-state index is 0.334. The van der Waals surface area contributed by atoms with Gasteiger partial charge in [0.15, 0.2) is 0 Å². The molecule has 1 aliphatic rings. The lowest BCUT2D eigenvalue weighted by atomic mass is 9.89. The Balaban J connectivity index is 1.84. The minimum atomic E-state index is -0.334. The third-order valence-corrected chi connectivity index (χ3v) is 5.54. The van der Waals surface area contributed by atoms with Crippen LogP contribution in [0.3, 0.4) is 0 Å². The van der Waals surface area contributed by atoms with E-state index < -0.39 is 0 Å². The summed E-state index contributed by atoms with van der Waals surface area (Å²) in [5.41, 5.74) is 6.93. The molecule has 2 aromatic carbocycles. The highest BCUT2D eigenvalue weighted by Crippen LogP contribution is 2.38. The van der Waals surface area contributed by atoms with Crippen LogP contribution >= 0.6 is 0 Å². The second kappa shape index (κ2) is 5.60. The first-order valence-corrected chi connectivity index (χ1v) is 9.20. The topological polar surface area (TPSA) is 43.4 Å². The van der Waals surface area contributed by atoms with Crippen molar-refractivity contribution in [3.8, 4) is 11.3 Å². The first-order chi connectivity index (χ1) is 12.6. The minimum Gasteiger partial charge on any atom is -0.456 e. The third-order valence-electron chi connectivity index (χ3n) is 5.54. The Morgan fingerprint density at radius 2 is 1.58 bits per heavy atom. The molecule has 0 unspecified atom stereocenters. The molecular weight excluding hydrogens is 324 g/mol. The smallest absolute Gasteiger partial charge is 0.336 e. The first kappa shape index (κ1) is 15.4. The maximum Gasteiger partial charge on any atom is 0.336 e. The van der Waals surface area contributed by atoms with Crippen molar-refractivity contribution in [2.45, 2.75) is 39.5 Å². The van der Waals surface area contributed by atoms with E-state index in [4.69, 9.17) is 8.83 Å². The van der Waals surface area contributed by atoms with Gasteiger partial charge in [-0.15, -0.1) is 0 Å². The highest BCUT2D eigenvalue weighted by molar-refractivity contribution is 5.97. The molecule has 4 aromatic rings. The Labute approximate surface area is 151 Å². The summed E-state index contributed by atoms with van der Waals surface area (Å²) in [6, 6.07) is 12.0. The molecule has 0 saturated heterocycles. The van der Waals surface area contributed by atoms with Crippen LogP contribution < -0.4 is 5.63 Å². The normalized spacial score (nSPS) is 14.1. The molecule has 26 heavy (non-hydrogen) atoms. The molecule has 0 bridgehead atoms. The van der Waals surface area contributed by atoms with Gasteiger partial charge in [0.25, 0.3) is 0 Å². The fraction of sp³-hybridized carbons (Fsp3) is 0.261. The van der Waals surface area contributed by atoms with Crippen molar-refractivity contribution in [2.24, 2.45) is 0 Å². The van der Waals surface area contributed by atoms with E-state index in [0.717, 1.165) is 46.1 Å². The molecule has 3 heteroatoms. The monoisotopic (exact) mass is 344 g/mol. The zero-order valence-corrected chi connectivity index (χ0v) is 15.0. The summed E-state index contributed by atoms with van der Waals surface area (Å²) in [5, 5.41) is 2.06. The van der Waals surface area contributed by atoms with Gasteiger partial charge in [-0.3, -0.25) is 0 Å². The Morgan fingerprint density at radius 3 is 2.38 bits per heavy atom. The van der Waals surface area contributed by atoms with E-state index in [2.05, 4.69) is 32.0 Å². The lowest BCUT2D eigenvalue weighted by Crippen LogP contribution is -2.04. The summed E-state index contributed by atoms with van der Waals surface area (Å²) < 4.78 is 11.7. The molecule has 130 valence electrons. The highest BCUT2D eigenvalue weighted by Gasteiger charge is 2.19. The summed E-state index contributed by atoms with van der Waals surface area (Å²) in [4.78, 5) is 12.2. The first-order valence-electron chi connectivity index (χ1n) is 9.20. The van der Waals surface area contributed by atoms with Gasteiger partial charge in [-0.25, -0.2) is 4.79 Å². The summed E-state index contributed by atoms with van der Waals surface area (Å²) in [6.07, 6.45) is 4.56. The van der Waals surface area contributed by atoms with E-state index in [9.17, 15) is 4.79 Å². The lowest BCUT2D eigenvalue weighted by molar-refractivity contribution is 0.558.